The fourth-order valence-corrected chi connectivity index (χ4v) is 3.98. The van der Waals surface area contributed by atoms with Crippen LogP contribution in [0.4, 0.5) is 0 Å². The number of amides is 1. The molecule has 166 valence electrons. The number of hydrogen-bond acceptors (Lipinski definition) is 8. The summed E-state index contributed by atoms with van der Waals surface area (Å²) in [5.41, 5.74) is 1.31. The molecule has 0 bridgehead atoms. The van der Waals surface area contributed by atoms with Crippen molar-refractivity contribution in [2.75, 3.05) is 21.3 Å². The van der Waals surface area contributed by atoms with Crippen molar-refractivity contribution in [2.24, 2.45) is 0 Å². The van der Waals surface area contributed by atoms with Crippen LogP contribution < -0.4 is 14.2 Å². The first-order chi connectivity index (χ1) is 15.6. The topological polar surface area (TPSA) is 87.2 Å². The van der Waals surface area contributed by atoms with Crippen LogP contribution in [-0.2, 0) is 13.1 Å². The Morgan fingerprint density at radius 3 is 2.41 bits per heavy atom. The average Bonchev–Trinajstić information content (AvgIpc) is 3.60. The number of carbonyl (C=O) groups is 1. The Hall–Kier alpha value is -3.72. The maximum Gasteiger partial charge on any atom is 0.264 e. The highest BCUT2D eigenvalue weighted by Crippen LogP contribution is 2.41. The van der Waals surface area contributed by atoms with Crippen molar-refractivity contribution in [3.05, 3.63) is 70.4 Å². The number of rotatable bonds is 9. The summed E-state index contributed by atoms with van der Waals surface area (Å²) in [4.78, 5) is 15.4. The van der Waals surface area contributed by atoms with Crippen LogP contribution in [0, 0.1) is 0 Å². The number of methoxy groups -OCH3 is 3. The minimum absolute atomic E-state index is 0.103. The Morgan fingerprint density at radius 2 is 1.81 bits per heavy atom. The molecule has 0 spiro atoms. The number of nitrogens with zero attached hydrogens (tertiary/aromatic N) is 2. The van der Waals surface area contributed by atoms with Crippen molar-refractivity contribution in [2.45, 2.75) is 13.1 Å². The van der Waals surface area contributed by atoms with Crippen LogP contribution in [0.3, 0.4) is 0 Å². The van der Waals surface area contributed by atoms with Crippen LogP contribution >= 0.6 is 11.3 Å². The lowest BCUT2D eigenvalue weighted by Gasteiger charge is -2.19. The molecule has 8 nitrogen and oxygen atoms in total. The van der Waals surface area contributed by atoms with Gasteiger partial charge >= 0.3 is 0 Å². The molecule has 0 saturated carbocycles. The molecule has 0 N–H and O–H groups in total. The molecule has 3 aromatic heterocycles. The van der Waals surface area contributed by atoms with Crippen LogP contribution in [0.5, 0.6) is 17.2 Å². The summed E-state index contributed by atoms with van der Waals surface area (Å²) in [5.74, 6) is 2.60. The second kappa shape index (κ2) is 9.61. The molecular weight excluding hydrogens is 432 g/mol. The monoisotopic (exact) mass is 454 g/mol. The van der Waals surface area contributed by atoms with E-state index in [-0.39, 0.29) is 12.5 Å². The Balaban J connectivity index is 1.61. The van der Waals surface area contributed by atoms with E-state index in [9.17, 15) is 4.79 Å². The van der Waals surface area contributed by atoms with Gasteiger partial charge in [0.05, 0.1) is 45.6 Å². The maximum absolute atomic E-state index is 13.0. The number of aromatic nitrogens is 1. The molecule has 4 aromatic rings. The fraction of sp³-hybridized carbons (Fsp3) is 0.217. The van der Waals surface area contributed by atoms with Gasteiger partial charge in [-0.2, -0.15) is 0 Å². The van der Waals surface area contributed by atoms with Gasteiger partial charge in [0, 0.05) is 11.6 Å². The predicted octanol–water partition coefficient (Wildman–Crippen LogP) is 4.86. The molecule has 0 aliphatic heterocycles. The zero-order valence-electron chi connectivity index (χ0n) is 17.9. The van der Waals surface area contributed by atoms with E-state index in [4.69, 9.17) is 23.2 Å². The molecule has 0 aliphatic rings. The standard InChI is InChI=1S/C23H22N2O6S/c1-27-19-10-15(11-20(28-2)22(19)29-3)18-12-16(24-31-18)13-25(14-17-6-4-8-30-17)23(26)21-7-5-9-32-21/h4-12H,13-14H2,1-3H3. The van der Waals surface area contributed by atoms with E-state index in [0.29, 0.717) is 51.4 Å². The fourth-order valence-electron chi connectivity index (χ4n) is 3.29. The first-order valence-electron chi connectivity index (χ1n) is 9.74. The lowest BCUT2D eigenvalue weighted by atomic mass is 10.1. The molecule has 0 radical (unpaired) electrons. The highest BCUT2D eigenvalue weighted by atomic mass is 32.1. The van der Waals surface area contributed by atoms with E-state index in [0.717, 1.165) is 0 Å². The largest absolute Gasteiger partial charge is 0.493 e. The highest BCUT2D eigenvalue weighted by molar-refractivity contribution is 7.12. The first-order valence-corrected chi connectivity index (χ1v) is 10.6. The van der Waals surface area contributed by atoms with Crippen molar-refractivity contribution in [3.8, 4) is 28.6 Å². The third-order valence-electron chi connectivity index (χ3n) is 4.81. The molecule has 0 fully saturated rings. The van der Waals surface area contributed by atoms with Crippen LogP contribution in [0.15, 0.2) is 63.0 Å². The zero-order valence-corrected chi connectivity index (χ0v) is 18.7. The summed E-state index contributed by atoms with van der Waals surface area (Å²) in [7, 11) is 4.65. The van der Waals surface area contributed by atoms with Crippen molar-refractivity contribution in [1.29, 1.82) is 0 Å². The van der Waals surface area contributed by atoms with Crippen molar-refractivity contribution in [3.63, 3.8) is 0 Å². The summed E-state index contributed by atoms with van der Waals surface area (Å²) in [6.45, 7) is 0.571. The van der Waals surface area contributed by atoms with Crippen molar-refractivity contribution >= 4 is 17.2 Å². The summed E-state index contributed by atoms with van der Waals surface area (Å²) in [6, 6.07) is 12.6. The third kappa shape index (κ3) is 4.47. The van der Waals surface area contributed by atoms with Gasteiger partial charge in [-0.3, -0.25) is 4.79 Å². The van der Waals surface area contributed by atoms with Gasteiger partial charge in [-0.15, -0.1) is 11.3 Å². The third-order valence-corrected chi connectivity index (χ3v) is 5.66. The van der Waals surface area contributed by atoms with Crippen LogP contribution in [0.25, 0.3) is 11.3 Å². The smallest absolute Gasteiger partial charge is 0.264 e. The van der Waals surface area contributed by atoms with E-state index in [1.54, 1.807) is 62.8 Å². The van der Waals surface area contributed by atoms with Gasteiger partial charge in [0.25, 0.3) is 5.91 Å². The molecule has 1 amide bonds. The van der Waals surface area contributed by atoms with Crippen LogP contribution in [0.1, 0.15) is 21.1 Å². The molecule has 32 heavy (non-hydrogen) atoms. The summed E-state index contributed by atoms with van der Waals surface area (Å²) in [5, 5.41) is 6.04. The van der Waals surface area contributed by atoms with E-state index < -0.39 is 0 Å². The zero-order chi connectivity index (χ0) is 22.5. The highest BCUT2D eigenvalue weighted by Gasteiger charge is 2.22. The van der Waals surface area contributed by atoms with Gasteiger partial charge < -0.3 is 28.1 Å². The molecule has 0 aliphatic carbocycles. The summed E-state index contributed by atoms with van der Waals surface area (Å²) < 4.78 is 27.2. The molecule has 3 heterocycles. The minimum Gasteiger partial charge on any atom is -0.493 e. The normalized spacial score (nSPS) is 10.7. The molecule has 1 aromatic carbocycles. The van der Waals surface area contributed by atoms with E-state index in [2.05, 4.69) is 5.16 Å². The second-order valence-electron chi connectivity index (χ2n) is 6.81. The van der Waals surface area contributed by atoms with E-state index in [1.807, 2.05) is 17.5 Å². The Bertz CT molecular complexity index is 1140. The first kappa shape index (κ1) is 21.5. The maximum atomic E-state index is 13.0. The van der Waals surface area contributed by atoms with Crippen molar-refractivity contribution in [1.82, 2.24) is 10.1 Å². The summed E-state index contributed by atoms with van der Waals surface area (Å²) >= 11 is 1.39. The lowest BCUT2D eigenvalue weighted by molar-refractivity contribution is 0.0718. The SMILES string of the molecule is COc1cc(-c2cc(CN(Cc3ccco3)C(=O)c3cccs3)no2)cc(OC)c1OC. The van der Waals surface area contributed by atoms with Crippen molar-refractivity contribution < 1.29 is 27.9 Å². The van der Waals surface area contributed by atoms with Crippen LogP contribution in [-0.4, -0.2) is 37.3 Å². The number of ether oxygens (including phenoxy) is 3. The summed E-state index contributed by atoms with van der Waals surface area (Å²) in [6.07, 6.45) is 1.59. The molecular formula is C23H22N2O6S. The second-order valence-corrected chi connectivity index (χ2v) is 7.76. The lowest BCUT2D eigenvalue weighted by Crippen LogP contribution is -2.29. The van der Waals surface area contributed by atoms with E-state index in [1.165, 1.54) is 11.3 Å². The number of benzene rings is 1. The molecule has 9 heteroatoms. The number of thiophene rings is 1. The minimum atomic E-state index is -0.103. The van der Waals surface area contributed by atoms with Gasteiger partial charge in [0.15, 0.2) is 17.3 Å². The number of furan rings is 1. The average molecular weight is 455 g/mol. The van der Waals surface area contributed by atoms with Gasteiger partial charge in [0.1, 0.15) is 11.5 Å². The van der Waals surface area contributed by atoms with Gasteiger partial charge in [0.2, 0.25) is 5.75 Å². The Kier molecular flexibility index (Phi) is 6.46. The predicted molar refractivity (Wildman–Crippen MR) is 118 cm³/mol. The quantitative estimate of drug-likeness (QED) is 0.357. The van der Waals surface area contributed by atoms with Gasteiger partial charge in [-0.1, -0.05) is 11.2 Å². The van der Waals surface area contributed by atoms with Gasteiger partial charge in [-0.05, 0) is 35.7 Å². The molecule has 0 saturated heterocycles. The molecule has 4 rings (SSSR count). The van der Waals surface area contributed by atoms with Crippen LogP contribution in [0.2, 0.25) is 0 Å². The molecule has 0 unspecified atom stereocenters. The number of hydrogen-bond donors (Lipinski definition) is 0. The Labute approximate surface area is 188 Å². The molecule has 0 atom stereocenters. The Morgan fingerprint density at radius 1 is 1.03 bits per heavy atom. The number of carbonyl (C=O) groups excluding carboxylic acids is 1. The van der Waals surface area contributed by atoms with Gasteiger partial charge in [-0.25, -0.2) is 0 Å². The van der Waals surface area contributed by atoms with E-state index >= 15 is 0 Å².